The molecule has 146 valence electrons. The zero-order valence-corrected chi connectivity index (χ0v) is 15.3. The van der Waals surface area contributed by atoms with Gasteiger partial charge in [-0.25, -0.2) is 0 Å². The number of nitrogens with zero attached hydrogens (tertiary/aromatic N) is 1. The maximum atomic E-state index is 13.1. The number of likely N-dealkylation sites (tertiary alicyclic amines) is 1. The van der Waals surface area contributed by atoms with Crippen molar-refractivity contribution in [2.45, 2.75) is 31.0 Å². The molecule has 3 aliphatic rings. The SMILES string of the molecule is O=C(C1CNC1)N1CCC2CC1c1cc(-c3cccc(C(F)(F)F)c3)ccc12. The zero-order chi connectivity index (χ0) is 19.5. The highest BCUT2D eigenvalue weighted by Crippen LogP contribution is 2.50. The second-order valence-corrected chi connectivity index (χ2v) is 8.05. The number of nitrogens with one attached hydrogen (secondary N) is 1. The second kappa shape index (κ2) is 6.34. The summed E-state index contributed by atoms with van der Waals surface area (Å²) in [6.07, 6.45) is -2.48. The summed E-state index contributed by atoms with van der Waals surface area (Å²) in [5.41, 5.74) is 3.05. The van der Waals surface area contributed by atoms with Gasteiger partial charge in [0.25, 0.3) is 0 Å². The first kappa shape index (κ1) is 17.7. The lowest BCUT2D eigenvalue weighted by Crippen LogP contribution is -2.53. The van der Waals surface area contributed by atoms with E-state index in [1.54, 1.807) is 6.07 Å². The van der Waals surface area contributed by atoms with Gasteiger partial charge in [-0.05, 0) is 59.2 Å². The molecule has 2 unspecified atom stereocenters. The fourth-order valence-electron chi connectivity index (χ4n) is 4.79. The van der Waals surface area contributed by atoms with E-state index in [1.807, 2.05) is 17.0 Å². The van der Waals surface area contributed by atoms with E-state index in [0.29, 0.717) is 11.5 Å². The Balaban J connectivity index is 1.50. The molecule has 0 saturated carbocycles. The van der Waals surface area contributed by atoms with Crippen LogP contribution in [0.3, 0.4) is 0 Å². The molecule has 0 spiro atoms. The van der Waals surface area contributed by atoms with E-state index in [4.69, 9.17) is 0 Å². The topological polar surface area (TPSA) is 32.3 Å². The van der Waals surface area contributed by atoms with Crippen LogP contribution in [0.4, 0.5) is 13.2 Å². The van der Waals surface area contributed by atoms with E-state index in [-0.39, 0.29) is 17.9 Å². The van der Waals surface area contributed by atoms with Crippen LogP contribution in [0.5, 0.6) is 0 Å². The summed E-state index contributed by atoms with van der Waals surface area (Å²) in [6.45, 7) is 2.24. The monoisotopic (exact) mass is 386 g/mol. The van der Waals surface area contributed by atoms with Crippen LogP contribution in [0, 0.1) is 5.92 Å². The van der Waals surface area contributed by atoms with Crippen molar-refractivity contribution in [2.24, 2.45) is 5.92 Å². The lowest BCUT2D eigenvalue weighted by atomic mass is 9.93. The maximum absolute atomic E-state index is 13.1. The Morgan fingerprint density at radius 2 is 1.82 bits per heavy atom. The molecule has 2 aliphatic heterocycles. The second-order valence-electron chi connectivity index (χ2n) is 8.05. The van der Waals surface area contributed by atoms with Crippen LogP contribution in [0.25, 0.3) is 11.1 Å². The van der Waals surface area contributed by atoms with Gasteiger partial charge in [-0.2, -0.15) is 13.2 Å². The fraction of sp³-hybridized carbons (Fsp3) is 0.409. The predicted octanol–water partition coefficient (Wildman–Crippen LogP) is 4.35. The Morgan fingerprint density at radius 3 is 2.54 bits per heavy atom. The molecule has 0 aromatic heterocycles. The molecular formula is C22H21F3N2O. The Morgan fingerprint density at radius 1 is 1.04 bits per heavy atom. The Kier molecular flexibility index (Phi) is 4.02. The number of fused-ring (bicyclic) bond motifs is 5. The first-order chi connectivity index (χ1) is 13.4. The van der Waals surface area contributed by atoms with E-state index in [9.17, 15) is 18.0 Å². The van der Waals surface area contributed by atoms with Gasteiger partial charge in [0.1, 0.15) is 0 Å². The third kappa shape index (κ3) is 2.82. The third-order valence-corrected chi connectivity index (χ3v) is 6.43. The average Bonchev–Trinajstić information content (AvgIpc) is 2.92. The Bertz CT molecular complexity index is 936. The standard InChI is InChI=1S/C22H21F3N2O/c23-22(24,25)17-3-1-2-13(8-17)14-4-5-18-15-6-7-27(20(10-15)19(18)9-14)21(28)16-11-26-12-16/h1-5,8-9,15-16,20,26H,6-7,10-12H2. The average molecular weight is 386 g/mol. The Labute approximate surface area is 161 Å². The number of carbonyl (C=O) groups excluding carboxylic acids is 1. The molecule has 2 fully saturated rings. The lowest BCUT2D eigenvalue weighted by molar-refractivity contribution is -0.141. The van der Waals surface area contributed by atoms with Crippen LogP contribution in [0.2, 0.25) is 0 Å². The van der Waals surface area contributed by atoms with Crippen LogP contribution < -0.4 is 5.32 Å². The molecular weight excluding hydrogens is 365 g/mol. The van der Waals surface area contributed by atoms with Gasteiger partial charge in [-0.15, -0.1) is 0 Å². The summed E-state index contributed by atoms with van der Waals surface area (Å²) in [5.74, 6) is 0.714. The van der Waals surface area contributed by atoms with Crippen LogP contribution in [-0.4, -0.2) is 30.4 Å². The summed E-state index contributed by atoms with van der Waals surface area (Å²) in [4.78, 5) is 14.9. The normalized spacial score (nSPS) is 24.0. The molecule has 0 radical (unpaired) electrons. The summed E-state index contributed by atoms with van der Waals surface area (Å²) >= 11 is 0. The maximum Gasteiger partial charge on any atom is 0.416 e. The molecule has 1 aliphatic carbocycles. The summed E-state index contributed by atoms with van der Waals surface area (Å²) in [5, 5.41) is 3.15. The summed E-state index contributed by atoms with van der Waals surface area (Å²) in [6, 6.07) is 11.5. The van der Waals surface area contributed by atoms with E-state index >= 15 is 0 Å². The number of piperidine rings is 1. The van der Waals surface area contributed by atoms with E-state index in [1.165, 1.54) is 17.7 Å². The number of rotatable bonds is 2. The van der Waals surface area contributed by atoms with Gasteiger partial charge in [0.2, 0.25) is 5.91 Å². The van der Waals surface area contributed by atoms with Crippen LogP contribution in [0.15, 0.2) is 42.5 Å². The number of carbonyl (C=O) groups is 1. The molecule has 2 atom stereocenters. The molecule has 2 aromatic carbocycles. The van der Waals surface area contributed by atoms with Crippen LogP contribution in [-0.2, 0) is 11.0 Å². The minimum absolute atomic E-state index is 0.0487. The van der Waals surface area contributed by atoms with Gasteiger partial charge in [-0.3, -0.25) is 4.79 Å². The van der Waals surface area contributed by atoms with Crippen molar-refractivity contribution in [1.29, 1.82) is 0 Å². The van der Waals surface area contributed by atoms with Gasteiger partial charge >= 0.3 is 6.18 Å². The van der Waals surface area contributed by atoms with Crippen LogP contribution >= 0.6 is 0 Å². The van der Waals surface area contributed by atoms with Crippen LogP contribution in [0.1, 0.15) is 41.5 Å². The molecule has 6 heteroatoms. The number of alkyl halides is 3. The summed E-state index contributed by atoms with van der Waals surface area (Å²) < 4.78 is 39.3. The van der Waals surface area contributed by atoms with Crippen molar-refractivity contribution in [3.05, 3.63) is 59.2 Å². The predicted molar refractivity (Wildman–Crippen MR) is 99.7 cm³/mol. The van der Waals surface area contributed by atoms with Crippen molar-refractivity contribution in [3.63, 3.8) is 0 Å². The lowest BCUT2D eigenvalue weighted by Gasteiger charge is -2.38. The van der Waals surface area contributed by atoms with Gasteiger partial charge in [0.15, 0.2) is 0 Å². The molecule has 2 aromatic rings. The smallest absolute Gasteiger partial charge is 0.335 e. The molecule has 2 saturated heterocycles. The first-order valence-electron chi connectivity index (χ1n) is 9.74. The number of hydrogen-bond acceptors (Lipinski definition) is 2. The van der Waals surface area contributed by atoms with E-state index in [0.717, 1.165) is 49.7 Å². The van der Waals surface area contributed by atoms with Crippen molar-refractivity contribution < 1.29 is 18.0 Å². The molecule has 2 heterocycles. The van der Waals surface area contributed by atoms with Gasteiger partial charge in [0.05, 0.1) is 17.5 Å². The van der Waals surface area contributed by atoms with Gasteiger partial charge < -0.3 is 10.2 Å². The number of halogens is 3. The van der Waals surface area contributed by atoms with Gasteiger partial charge in [-0.1, -0.05) is 24.3 Å². The first-order valence-corrected chi connectivity index (χ1v) is 9.74. The van der Waals surface area contributed by atoms with E-state index < -0.39 is 11.7 Å². The molecule has 1 N–H and O–H groups in total. The van der Waals surface area contributed by atoms with Crippen molar-refractivity contribution in [3.8, 4) is 11.1 Å². The quantitative estimate of drug-likeness (QED) is 0.832. The molecule has 28 heavy (non-hydrogen) atoms. The number of amides is 1. The number of hydrogen-bond donors (Lipinski definition) is 1. The van der Waals surface area contributed by atoms with Crippen molar-refractivity contribution in [2.75, 3.05) is 19.6 Å². The number of benzene rings is 2. The summed E-state index contributed by atoms with van der Waals surface area (Å²) in [7, 11) is 0. The fourth-order valence-corrected chi connectivity index (χ4v) is 4.79. The third-order valence-electron chi connectivity index (χ3n) is 6.43. The Hall–Kier alpha value is -2.34. The van der Waals surface area contributed by atoms with Gasteiger partial charge in [0, 0.05) is 19.6 Å². The highest BCUT2D eigenvalue weighted by Gasteiger charge is 2.43. The highest BCUT2D eigenvalue weighted by atomic mass is 19.4. The van der Waals surface area contributed by atoms with E-state index in [2.05, 4.69) is 11.4 Å². The van der Waals surface area contributed by atoms with Crippen molar-refractivity contribution in [1.82, 2.24) is 10.2 Å². The van der Waals surface area contributed by atoms with Crippen molar-refractivity contribution >= 4 is 5.91 Å². The molecule has 2 bridgehead atoms. The zero-order valence-electron chi connectivity index (χ0n) is 15.3. The molecule has 1 amide bonds. The largest absolute Gasteiger partial charge is 0.416 e. The minimum Gasteiger partial charge on any atom is -0.335 e. The molecule has 3 nitrogen and oxygen atoms in total. The minimum atomic E-state index is -4.36. The highest BCUT2D eigenvalue weighted by molar-refractivity contribution is 5.81. The molecule has 5 rings (SSSR count).